The van der Waals surface area contributed by atoms with Crippen LogP contribution in [0.5, 0.6) is 0 Å². The van der Waals surface area contributed by atoms with Gasteiger partial charge in [0.25, 0.3) is 0 Å². The fraction of sp³-hybridized carbons (Fsp3) is 0.533. The lowest BCUT2D eigenvalue weighted by Gasteiger charge is -2.33. The molecule has 0 aliphatic heterocycles. The largest absolute Gasteiger partial charge is 0.371 e. The van der Waals surface area contributed by atoms with Crippen molar-refractivity contribution < 1.29 is 4.79 Å². The highest BCUT2D eigenvalue weighted by Crippen LogP contribution is 2.30. The van der Waals surface area contributed by atoms with E-state index >= 15 is 0 Å². The second kappa shape index (κ2) is 5.35. The first-order valence-corrected chi connectivity index (χ1v) is 6.57. The van der Waals surface area contributed by atoms with Crippen LogP contribution in [-0.2, 0) is 0 Å². The van der Waals surface area contributed by atoms with Crippen LogP contribution in [0.15, 0.2) is 24.3 Å². The van der Waals surface area contributed by atoms with Crippen molar-refractivity contribution in [3.63, 3.8) is 0 Å². The Balaban J connectivity index is 2.19. The van der Waals surface area contributed by atoms with Crippen LogP contribution in [0, 0.1) is 5.92 Å². The predicted octanol–water partition coefficient (Wildman–Crippen LogP) is 3.52. The number of nitrogens with zero attached hydrogens (tertiary/aromatic N) is 1. The van der Waals surface area contributed by atoms with Gasteiger partial charge in [-0.05, 0) is 44.7 Å². The SMILES string of the molecule is CCN(CC1CCC1)c1ccccc1C(C)=O. The molecule has 0 bridgehead atoms. The van der Waals surface area contributed by atoms with Gasteiger partial charge in [-0.3, -0.25) is 4.79 Å². The molecule has 0 radical (unpaired) electrons. The van der Waals surface area contributed by atoms with Gasteiger partial charge in [0, 0.05) is 24.3 Å². The maximum Gasteiger partial charge on any atom is 0.161 e. The van der Waals surface area contributed by atoms with Gasteiger partial charge in [-0.2, -0.15) is 0 Å². The van der Waals surface area contributed by atoms with Crippen LogP contribution in [0.4, 0.5) is 5.69 Å². The zero-order valence-corrected chi connectivity index (χ0v) is 10.8. The fourth-order valence-electron chi connectivity index (χ4n) is 2.43. The number of rotatable bonds is 5. The number of anilines is 1. The third-order valence-electron chi connectivity index (χ3n) is 3.71. The molecule has 2 heteroatoms. The quantitative estimate of drug-likeness (QED) is 0.723. The average molecular weight is 231 g/mol. The summed E-state index contributed by atoms with van der Waals surface area (Å²) >= 11 is 0. The molecular formula is C15H21NO. The molecule has 0 atom stereocenters. The molecule has 2 nitrogen and oxygen atoms in total. The van der Waals surface area contributed by atoms with Gasteiger partial charge in [-0.25, -0.2) is 0 Å². The van der Waals surface area contributed by atoms with E-state index < -0.39 is 0 Å². The van der Waals surface area contributed by atoms with E-state index in [1.165, 1.54) is 19.3 Å². The summed E-state index contributed by atoms with van der Waals surface area (Å²) in [6.07, 6.45) is 4.06. The van der Waals surface area contributed by atoms with Crippen molar-refractivity contribution in [1.82, 2.24) is 0 Å². The maximum atomic E-state index is 11.6. The molecule has 0 unspecified atom stereocenters. The second-order valence-corrected chi connectivity index (χ2v) is 4.91. The van der Waals surface area contributed by atoms with Crippen molar-refractivity contribution in [2.75, 3.05) is 18.0 Å². The van der Waals surface area contributed by atoms with E-state index in [0.29, 0.717) is 0 Å². The first-order valence-electron chi connectivity index (χ1n) is 6.57. The van der Waals surface area contributed by atoms with Crippen LogP contribution in [0.1, 0.15) is 43.5 Å². The average Bonchev–Trinajstić information content (AvgIpc) is 2.28. The minimum Gasteiger partial charge on any atom is -0.371 e. The lowest BCUT2D eigenvalue weighted by molar-refractivity contribution is 0.101. The molecule has 1 fully saturated rings. The summed E-state index contributed by atoms with van der Waals surface area (Å²) in [5.41, 5.74) is 1.96. The summed E-state index contributed by atoms with van der Waals surface area (Å²) in [4.78, 5) is 14.0. The fourth-order valence-corrected chi connectivity index (χ4v) is 2.43. The highest BCUT2D eigenvalue weighted by atomic mass is 16.1. The molecule has 0 aromatic heterocycles. The molecule has 0 saturated heterocycles. The molecule has 17 heavy (non-hydrogen) atoms. The Morgan fingerprint density at radius 3 is 2.59 bits per heavy atom. The second-order valence-electron chi connectivity index (χ2n) is 4.91. The van der Waals surface area contributed by atoms with Crippen molar-refractivity contribution >= 4 is 11.5 Å². The highest BCUT2D eigenvalue weighted by Gasteiger charge is 2.21. The van der Waals surface area contributed by atoms with Gasteiger partial charge in [0.1, 0.15) is 0 Å². The van der Waals surface area contributed by atoms with Crippen LogP contribution in [0.3, 0.4) is 0 Å². The summed E-state index contributed by atoms with van der Waals surface area (Å²) in [6, 6.07) is 7.96. The number of Topliss-reactive ketones (excluding diaryl/α,β-unsaturated/α-hetero) is 1. The summed E-state index contributed by atoms with van der Waals surface area (Å²) in [6.45, 7) is 5.88. The van der Waals surface area contributed by atoms with E-state index in [1.807, 2.05) is 18.2 Å². The van der Waals surface area contributed by atoms with E-state index in [9.17, 15) is 4.79 Å². The third kappa shape index (κ3) is 2.68. The van der Waals surface area contributed by atoms with E-state index in [2.05, 4.69) is 17.9 Å². The molecule has 0 amide bonds. The molecular weight excluding hydrogens is 210 g/mol. The smallest absolute Gasteiger partial charge is 0.161 e. The Morgan fingerprint density at radius 1 is 1.35 bits per heavy atom. The topological polar surface area (TPSA) is 20.3 Å². The monoisotopic (exact) mass is 231 g/mol. The Bertz CT molecular complexity index is 396. The van der Waals surface area contributed by atoms with Gasteiger partial charge in [-0.1, -0.05) is 18.6 Å². The molecule has 0 spiro atoms. The minimum atomic E-state index is 0.160. The molecule has 1 aromatic carbocycles. The van der Waals surface area contributed by atoms with Crippen molar-refractivity contribution in [2.45, 2.75) is 33.1 Å². The number of para-hydroxylation sites is 1. The van der Waals surface area contributed by atoms with E-state index in [0.717, 1.165) is 30.3 Å². The molecule has 1 aliphatic rings. The Kier molecular flexibility index (Phi) is 3.82. The molecule has 1 saturated carbocycles. The van der Waals surface area contributed by atoms with Crippen molar-refractivity contribution in [1.29, 1.82) is 0 Å². The van der Waals surface area contributed by atoms with Crippen LogP contribution in [-0.4, -0.2) is 18.9 Å². The van der Waals surface area contributed by atoms with Gasteiger partial charge in [-0.15, -0.1) is 0 Å². The van der Waals surface area contributed by atoms with E-state index in [-0.39, 0.29) is 5.78 Å². The molecule has 1 aromatic rings. The van der Waals surface area contributed by atoms with Gasteiger partial charge in [0.15, 0.2) is 5.78 Å². The predicted molar refractivity (Wildman–Crippen MR) is 71.7 cm³/mol. The summed E-state index contributed by atoms with van der Waals surface area (Å²) < 4.78 is 0. The molecule has 1 aliphatic carbocycles. The van der Waals surface area contributed by atoms with Crippen molar-refractivity contribution in [3.8, 4) is 0 Å². The zero-order valence-electron chi connectivity index (χ0n) is 10.8. The first kappa shape index (κ1) is 12.2. The standard InChI is InChI=1S/C15H21NO/c1-3-16(11-13-7-6-8-13)15-10-5-4-9-14(15)12(2)17/h4-5,9-10,13H,3,6-8,11H2,1-2H3. The van der Waals surface area contributed by atoms with E-state index in [1.54, 1.807) is 6.92 Å². The normalized spacial score (nSPS) is 15.4. The molecule has 92 valence electrons. The van der Waals surface area contributed by atoms with Crippen LogP contribution >= 0.6 is 0 Å². The summed E-state index contributed by atoms with van der Waals surface area (Å²) in [5.74, 6) is 0.989. The Labute approximate surface area is 104 Å². The number of carbonyl (C=O) groups is 1. The maximum absolute atomic E-state index is 11.6. The van der Waals surface area contributed by atoms with Crippen molar-refractivity contribution in [2.24, 2.45) is 5.92 Å². The number of hydrogen-bond acceptors (Lipinski definition) is 2. The summed E-state index contributed by atoms with van der Waals surface area (Å²) in [7, 11) is 0. The number of carbonyl (C=O) groups excluding carboxylic acids is 1. The van der Waals surface area contributed by atoms with Crippen LogP contribution < -0.4 is 4.90 Å². The Morgan fingerprint density at radius 2 is 2.06 bits per heavy atom. The highest BCUT2D eigenvalue weighted by molar-refractivity contribution is 5.99. The number of hydrogen-bond donors (Lipinski definition) is 0. The number of ketones is 1. The molecule has 2 rings (SSSR count). The lowest BCUT2D eigenvalue weighted by Crippen LogP contribution is -2.33. The van der Waals surface area contributed by atoms with Gasteiger partial charge in [0.2, 0.25) is 0 Å². The first-order chi connectivity index (χ1) is 8.22. The third-order valence-corrected chi connectivity index (χ3v) is 3.71. The minimum absolute atomic E-state index is 0.160. The van der Waals surface area contributed by atoms with Crippen molar-refractivity contribution in [3.05, 3.63) is 29.8 Å². The Hall–Kier alpha value is -1.31. The molecule has 0 heterocycles. The molecule has 0 N–H and O–H groups in total. The van der Waals surface area contributed by atoms with Gasteiger partial charge >= 0.3 is 0 Å². The van der Waals surface area contributed by atoms with E-state index in [4.69, 9.17) is 0 Å². The van der Waals surface area contributed by atoms with Crippen LogP contribution in [0.2, 0.25) is 0 Å². The lowest BCUT2D eigenvalue weighted by atomic mass is 9.85. The van der Waals surface area contributed by atoms with Gasteiger partial charge < -0.3 is 4.90 Å². The number of benzene rings is 1. The van der Waals surface area contributed by atoms with Gasteiger partial charge in [0.05, 0.1) is 0 Å². The zero-order chi connectivity index (χ0) is 12.3. The van der Waals surface area contributed by atoms with Crippen LogP contribution in [0.25, 0.3) is 0 Å². The summed E-state index contributed by atoms with van der Waals surface area (Å²) in [5, 5.41) is 0.